The van der Waals surface area contributed by atoms with E-state index in [-0.39, 0.29) is 22.7 Å². The summed E-state index contributed by atoms with van der Waals surface area (Å²) >= 11 is 1.78. The summed E-state index contributed by atoms with van der Waals surface area (Å²) in [6.07, 6.45) is -3.02. The summed E-state index contributed by atoms with van der Waals surface area (Å²) < 4.78 is 37.9. The Hall–Kier alpha value is -1.90. The second kappa shape index (κ2) is 7.85. The molecule has 3 rings (SSSR count). The number of piperidine rings is 1. The molecule has 2 fully saturated rings. The van der Waals surface area contributed by atoms with Gasteiger partial charge in [-0.05, 0) is 37.1 Å². The molecule has 0 saturated carbocycles. The number of urea groups is 1. The molecule has 154 valence electrons. The van der Waals surface area contributed by atoms with Crippen LogP contribution in [0.1, 0.15) is 32.3 Å². The quantitative estimate of drug-likeness (QED) is 0.785. The second-order valence-electron chi connectivity index (χ2n) is 7.43. The fraction of sp³-hybridized carbons (Fsp3) is 0.579. The van der Waals surface area contributed by atoms with Gasteiger partial charge in [-0.2, -0.15) is 13.2 Å². The van der Waals surface area contributed by atoms with Gasteiger partial charge in [0, 0.05) is 37.0 Å². The van der Waals surface area contributed by atoms with E-state index in [0.29, 0.717) is 31.6 Å². The number of benzene rings is 1. The van der Waals surface area contributed by atoms with Crippen LogP contribution in [-0.2, 0) is 11.0 Å². The van der Waals surface area contributed by atoms with Crippen molar-refractivity contribution >= 4 is 29.4 Å². The molecular weight excluding hydrogens is 391 g/mol. The number of likely N-dealkylation sites (tertiary alicyclic amines) is 1. The minimum absolute atomic E-state index is 0.0587. The Labute approximate surface area is 166 Å². The predicted molar refractivity (Wildman–Crippen MR) is 103 cm³/mol. The first-order valence-corrected chi connectivity index (χ1v) is 10.3. The molecule has 2 aliphatic rings. The molecule has 0 atom stereocenters. The summed E-state index contributed by atoms with van der Waals surface area (Å²) in [7, 11) is 0. The molecule has 0 radical (unpaired) electrons. The highest BCUT2D eigenvalue weighted by atomic mass is 32.2. The fourth-order valence-electron chi connectivity index (χ4n) is 3.65. The number of hydrogen-bond donors (Lipinski definition) is 1. The van der Waals surface area contributed by atoms with Crippen molar-refractivity contribution in [1.29, 1.82) is 0 Å². The van der Waals surface area contributed by atoms with Gasteiger partial charge in [-0.25, -0.2) is 4.79 Å². The van der Waals surface area contributed by atoms with Crippen molar-refractivity contribution in [1.82, 2.24) is 9.80 Å². The smallest absolute Gasteiger partial charge is 0.327 e. The van der Waals surface area contributed by atoms with Gasteiger partial charge in [0.05, 0.1) is 10.4 Å². The Morgan fingerprint density at radius 2 is 1.71 bits per heavy atom. The molecule has 0 aromatic heterocycles. The van der Waals surface area contributed by atoms with Gasteiger partial charge in [-0.15, -0.1) is 11.8 Å². The highest BCUT2D eigenvalue weighted by molar-refractivity contribution is 8.00. The average Bonchev–Trinajstić information content (AvgIpc) is 3.04. The third kappa shape index (κ3) is 4.24. The predicted octanol–water partition coefficient (Wildman–Crippen LogP) is 4.26. The zero-order valence-corrected chi connectivity index (χ0v) is 16.7. The first-order chi connectivity index (χ1) is 13.1. The summed E-state index contributed by atoms with van der Waals surface area (Å²) in [5.74, 6) is 0.986. The Kier molecular flexibility index (Phi) is 5.84. The standard InChI is InChI=1S/C19H24F3N3O2S/c1-13(2)16(26)25-11-12-28-18(25)7-9-24(10-8-18)17(27)23-15-5-3-14(4-6-15)19(20,21)22/h3-6,13H,7-12H2,1-2H3,(H,23,27). The largest absolute Gasteiger partial charge is 0.416 e. The van der Waals surface area contributed by atoms with Crippen LogP contribution in [0.25, 0.3) is 0 Å². The molecular formula is C19H24F3N3O2S. The summed E-state index contributed by atoms with van der Waals surface area (Å²) in [4.78, 5) is 28.4. The lowest BCUT2D eigenvalue weighted by atomic mass is 10.0. The maximum atomic E-state index is 12.6. The number of amides is 3. The first-order valence-electron chi connectivity index (χ1n) is 9.31. The molecule has 0 unspecified atom stereocenters. The van der Waals surface area contributed by atoms with Gasteiger partial charge < -0.3 is 15.1 Å². The number of hydrogen-bond acceptors (Lipinski definition) is 3. The van der Waals surface area contributed by atoms with E-state index in [1.165, 1.54) is 12.1 Å². The summed E-state index contributed by atoms with van der Waals surface area (Å²) in [5, 5.41) is 2.65. The average molecular weight is 415 g/mol. The van der Waals surface area contributed by atoms with Crippen LogP contribution in [-0.4, -0.2) is 52.0 Å². The zero-order valence-electron chi connectivity index (χ0n) is 15.9. The number of nitrogens with one attached hydrogen (secondary N) is 1. The number of alkyl halides is 3. The normalized spacial score (nSPS) is 19.4. The molecule has 0 aliphatic carbocycles. The van der Waals surface area contributed by atoms with E-state index in [1.807, 2.05) is 18.7 Å². The number of thioether (sulfide) groups is 1. The Morgan fingerprint density at radius 3 is 2.25 bits per heavy atom. The van der Waals surface area contributed by atoms with Gasteiger partial charge in [0.25, 0.3) is 0 Å². The van der Waals surface area contributed by atoms with Crippen LogP contribution < -0.4 is 5.32 Å². The van der Waals surface area contributed by atoms with Gasteiger partial charge in [0.15, 0.2) is 0 Å². The van der Waals surface area contributed by atoms with Crippen LogP contribution in [0.15, 0.2) is 24.3 Å². The molecule has 2 aliphatic heterocycles. The number of rotatable bonds is 2. The number of anilines is 1. The highest BCUT2D eigenvalue weighted by Crippen LogP contribution is 2.44. The van der Waals surface area contributed by atoms with Gasteiger partial charge in [-0.3, -0.25) is 4.79 Å². The third-order valence-electron chi connectivity index (χ3n) is 5.23. The monoisotopic (exact) mass is 415 g/mol. The number of carbonyl (C=O) groups is 2. The minimum atomic E-state index is -4.40. The molecule has 1 aromatic rings. The Morgan fingerprint density at radius 1 is 1.11 bits per heavy atom. The van der Waals surface area contributed by atoms with Gasteiger partial charge in [0.2, 0.25) is 5.91 Å². The number of halogens is 3. The molecule has 1 spiro atoms. The van der Waals surface area contributed by atoms with Gasteiger partial charge >= 0.3 is 12.2 Å². The molecule has 5 nitrogen and oxygen atoms in total. The number of nitrogens with zero attached hydrogens (tertiary/aromatic N) is 2. The molecule has 28 heavy (non-hydrogen) atoms. The Bertz CT molecular complexity index is 729. The highest BCUT2D eigenvalue weighted by Gasteiger charge is 2.47. The van der Waals surface area contributed by atoms with Crippen molar-refractivity contribution in [3.8, 4) is 0 Å². The van der Waals surface area contributed by atoms with E-state index in [9.17, 15) is 22.8 Å². The third-order valence-corrected chi connectivity index (χ3v) is 6.79. The van der Waals surface area contributed by atoms with Crippen molar-refractivity contribution in [2.24, 2.45) is 5.92 Å². The lowest BCUT2D eigenvalue weighted by Crippen LogP contribution is -2.55. The zero-order chi connectivity index (χ0) is 20.5. The lowest BCUT2D eigenvalue weighted by Gasteiger charge is -2.44. The van der Waals surface area contributed by atoms with Gasteiger partial charge in [-0.1, -0.05) is 13.8 Å². The number of carbonyl (C=O) groups excluding carboxylic acids is 2. The first kappa shape index (κ1) is 20.8. The van der Waals surface area contributed by atoms with Crippen LogP contribution in [0.3, 0.4) is 0 Å². The molecule has 2 saturated heterocycles. The van der Waals surface area contributed by atoms with Crippen molar-refractivity contribution in [2.45, 2.75) is 37.7 Å². The molecule has 3 amide bonds. The van der Waals surface area contributed by atoms with Crippen molar-refractivity contribution in [3.63, 3.8) is 0 Å². The van der Waals surface area contributed by atoms with Crippen molar-refractivity contribution < 1.29 is 22.8 Å². The minimum Gasteiger partial charge on any atom is -0.327 e. The topological polar surface area (TPSA) is 52.7 Å². The molecule has 2 heterocycles. The molecule has 0 bridgehead atoms. The van der Waals surface area contributed by atoms with Crippen molar-refractivity contribution in [2.75, 3.05) is 30.7 Å². The lowest BCUT2D eigenvalue weighted by molar-refractivity contribution is -0.138. The molecule has 1 aromatic carbocycles. The molecule has 9 heteroatoms. The van der Waals surface area contributed by atoms with E-state index in [0.717, 1.165) is 24.4 Å². The van der Waals surface area contributed by atoms with Crippen LogP contribution in [0.5, 0.6) is 0 Å². The van der Waals surface area contributed by atoms with Crippen molar-refractivity contribution in [3.05, 3.63) is 29.8 Å². The van der Waals surface area contributed by atoms with Crippen LogP contribution in [0.2, 0.25) is 0 Å². The SMILES string of the molecule is CC(C)C(=O)N1CCSC12CCN(C(=O)Nc1ccc(C(F)(F)F)cc1)CC2. The maximum absolute atomic E-state index is 12.6. The van der Waals surface area contributed by atoms with Crippen LogP contribution in [0, 0.1) is 5.92 Å². The van der Waals surface area contributed by atoms with E-state index in [2.05, 4.69) is 5.32 Å². The maximum Gasteiger partial charge on any atom is 0.416 e. The summed E-state index contributed by atoms with van der Waals surface area (Å²) in [5.41, 5.74) is -0.427. The summed E-state index contributed by atoms with van der Waals surface area (Å²) in [6, 6.07) is 4.07. The Balaban J connectivity index is 1.59. The second-order valence-corrected chi connectivity index (χ2v) is 8.89. The van der Waals surface area contributed by atoms with Gasteiger partial charge in [0.1, 0.15) is 0 Å². The van der Waals surface area contributed by atoms with E-state index < -0.39 is 11.7 Å². The summed E-state index contributed by atoms with van der Waals surface area (Å²) in [6.45, 7) is 5.53. The molecule has 1 N–H and O–H groups in total. The van der Waals surface area contributed by atoms with Crippen LogP contribution in [0.4, 0.5) is 23.7 Å². The van der Waals surface area contributed by atoms with E-state index >= 15 is 0 Å². The van der Waals surface area contributed by atoms with E-state index in [4.69, 9.17) is 0 Å². The van der Waals surface area contributed by atoms with Crippen LogP contribution >= 0.6 is 11.8 Å². The fourth-order valence-corrected chi connectivity index (χ4v) is 5.11. The van der Waals surface area contributed by atoms with E-state index in [1.54, 1.807) is 16.7 Å².